The maximum atomic E-state index is 12.7. The van der Waals surface area contributed by atoms with Gasteiger partial charge in [0.25, 0.3) is 0 Å². The standard InChI is InChI=1S/C15H18N4O2S/c20-22(21,18-10-14(11-18)19-16-7-8-17-19)15-6-5-12-3-1-2-4-13(12)9-15/h5-9,14H,1-4,10-11H2. The van der Waals surface area contributed by atoms with Crippen molar-refractivity contribution in [1.29, 1.82) is 0 Å². The molecule has 1 saturated heterocycles. The maximum absolute atomic E-state index is 12.7. The van der Waals surface area contributed by atoms with Crippen LogP contribution in [0, 0.1) is 0 Å². The van der Waals surface area contributed by atoms with Crippen molar-refractivity contribution < 1.29 is 8.42 Å². The maximum Gasteiger partial charge on any atom is 0.243 e. The molecule has 0 unspecified atom stereocenters. The van der Waals surface area contributed by atoms with Crippen molar-refractivity contribution in [2.24, 2.45) is 0 Å². The van der Waals surface area contributed by atoms with Gasteiger partial charge < -0.3 is 0 Å². The molecule has 2 aliphatic rings. The van der Waals surface area contributed by atoms with Crippen molar-refractivity contribution in [3.63, 3.8) is 0 Å². The minimum atomic E-state index is -3.40. The third-order valence-corrected chi connectivity index (χ3v) is 6.38. The molecule has 1 aromatic carbocycles. The average molecular weight is 318 g/mol. The van der Waals surface area contributed by atoms with Gasteiger partial charge in [0.05, 0.1) is 23.3 Å². The molecule has 0 N–H and O–H groups in total. The first-order valence-electron chi connectivity index (χ1n) is 7.62. The number of benzene rings is 1. The van der Waals surface area contributed by atoms with E-state index in [1.165, 1.54) is 21.9 Å². The number of fused-ring (bicyclic) bond motifs is 1. The number of nitrogens with zero attached hydrogens (tertiary/aromatic N) is 4. The third-order valence-electron chi connectivity index (χ3n) is 4.55. The monoisotopic (exact) mass is 318 g/mol. The largest absolute Gasteiger partial charge is 0.243 e. The number of hydrogen-bond acceptors (Lipinski definition) is 4. The molecule has 1 fully saturated rings. The Morgan fingerprint density at radius 2 is 1.68 bits per heavy atom. The van der Waals surface area contributed by atoms with Crippen LogP contribution in [0.3, 0.4) is 0 Å². The molecule has 1 aliphatic heterocycles. The molecular weight excluding hydrogens is 300 g/mol. The summed E-state index contributed by atoms with van der Waals surface area (Å²) in [6.07, 6.45) is 7.61. The molecule has 7 heteroatoms. The van der Waals surface area contributed by atoms with Crippen LogP contribution in [0.4, 0.5) is 0 Å². The first-order chi connectivity index (χ1) is 10.6. The van der Waals surface area contributed by atoms with E-state index in [9.17, 15) is 8.42 Å². The summed E-state index contributed by atoms with van der Waals surface area (Å²) in [4.78, 5) is 2.00. The molecule has 0 atom stereocenters. The molecular formula is C15H18N4O2S. The summed E-state index contributed by atoms with van der Waals surface area (Å²) in [6.45, 7) is 0.877. The van der Waals surface area contributed by atoms with E-state index in [-0.39, 0.29) is 6.04 Å². The van der Waals surface area contributed by atoms with Crippen LogP contribution < -0.4 is 0 Å². The van der Waals surface area contributed by atoms with Gasteiger partial charge in [-0.25, -0.2) is 8.42 Å². The Morgan fingerprint density at radius 3 is 2.41 bits per heavy atom. The fourth-order valence-electron chi connectivity index (χ4n) is 3.19. The predicted molar refractivity (Wildman–Crippen MR) is 80.9 cm³/mol. The molecule has 116 valence electrons. The van der Waals surface area contributed by atoms with E-state index in [0.717, 1.165) is 19.3 Å². The van der Waals surface area contributed by atoms with Crippen molar-refractivity contribution in [2.75, 3.05) is 13.1 Å². The van der Waals surface area contributed by atoms with Crippen molar-refractivity contribution in [2.45, 2.75) is 36.6 Å². The van der Waals surface area contributed by atoms with Crippen LogP contribution >= 0.6 is 0 Å². The molecule has 0 radical (unpaired) electrons. The quantitative estimate of drug-likeness (QED) is 0.858. The Morgan fingerprint density at radius 1 is 1.00 bits per heavy atom. The molecule has 2 aromatic rings. The Labute approximate surface area is 129 Å². The van der Waals surface area contributed by atoms with Gasteiger partial charge in [0.2, 0.25) is 10.0 Å². The molecule has 22 heavy (non-hydrogen) atoms. The van der Waals surface area contributed by atoms with Crippen molar-refractivity contribution >= 4 is 10.0 Å². The second-order valence-corrected chi connectivity index (χ2v) is 7.90. The van der Waals surface area contributed by atoms with Crippen LogP contribution in [-0.2, 0) is 22.9 Å². The highest BCUT2D eigenvalue weighted by Crippen LogP contribution is 2.30. The second-order valence-electron chi connectivity index (χ2n) is 5.96. The zero-order valence-corrected chi connectivity index (χ0v) is 13.0. The Balaban J connectivity index is 1.55. The van der Waals surface area contributed by atoms with Crippen molar-refractivity contribution in [3.8, 4) is 0 Å². The van der Waals surface area contributed by atoms with E-state index < -0.39 is 10.0 Å². The number of aryl methyl sites for hydroxylation is 2. The van der Waals surface area contributed by atoms with E-state index in [1.54, 1.807) is 23.3 Å². The molecule has 4 rings (SSSR count). The van der Waals surface area contributed by atoms with Gasteiger partial charge in [-0.05, 0) is 48.9 Å². The lowest BCUT2D eigenvalue weighted by Crippen LogP contribution is -2.51. The van der Waals surface area contributed by atoms with Crippen LogP contribution in [0.25, 0.3) is 0 Å². The van der Waals surface area contributed by atoms with Gasteiger partial charge in [-0.1, -0.05) is 6.07 Å². The highest BCUT2D eigenvalue weighted by atomic mass is 32.2. The summed E-state index contributed by atoms with van der Waals surface area (Å²) < 4.78 is 26.9. The molecule has 0 saturated carbocycles. The van der Waals surface area contributed by atoms with E-state index in [2.05, 4.69) is 10.2 Å². The Hall–Kier alpha value is -1.73. The van der Waals surface area contributed by atoms with Crippen LogP contribution in [0.1, 0.15) is 30.0 Å². The van der Waals surface area contributed by atoms with Gasteiger partial charge in [0, 0.05) is 13.1 Å². The zero-order chi connectivity index (χ0) is 15.2. The second kappa shape index (κ2) is 5.17. The SMILES string of the molecule is O=S(=O)(c1ccc2c(c1)CCCC2)N1CC(n2nccn2)C1. The van der Waals surface area contributed by atoms with Gasteiger partial charge in [-0.15, -0.1) is 0 Å². The van der Waals surface area contributed by atoms with Gasteiger partial charge in [0.15, 0.2) is 0 Å². The summed E-state index contributed by atoms with van der Waals surface area (Å²) >= 11 is 0. The van der Waals surface area contributed by atoms with Crippen LogP contribution in [0.2, 0.25) is 0 Å². The van der Waals surface area contributed by atoms with Crippen molar-refractivity contribution in [3.05, 3.63) is 41.7 Å². The fraction of sp³-hybridized carbons (Fsp3) is 0.467. The van der Waals surface area contributed by atoms with E-state index in [4.69, 9.17) is 0 Å². The van der Waals surface area contributed by atoms with Gasteiger partial charge in [-0.2, -0.15) is 19.3 Å². The first-order valence-corrected chi connectivity index (χ1v) is 9.06. The normalized spacial score (nSPS) is 19.6. The van der Waals surface area contributed by atoms with Crippen molar-refractivity contribution in [1.82, 2.24) is 19.3 Å². The van der Waals surface area contributed by atoms with Crippen LogP contribution in [-0.4, -0.2) is 40.8 Å². The predicted octanol–water partition coefficient (Wildman–Crippen LogP) is 1.40. The topological polar surface area (TPSA) is 68.1 Å². The molecule has 0 spiro atoms. The number of hydrogen-bond donors (Lipinski definition) is 0. The highest BCUT2D eigenvalue weighted by Gasteiger charge is 2.38. The lowest BCUT2D eigenvalue weighted by atomic mass is 9.92. The molecule has 2 heterocycles. The molecule has 0 bridgehead atoms. The van der Waals surface area contributed by atoms with E-state index in [1.807, 2.05) is 12.1 Å². The summed E-state index contributed by atoms with van der Waals surface area (Å²) in [6, 6.07) is 5.64. The molecule has 0 amide bonds. The number of aromatic nitrogens is 3. The molecule has 1 aromatic heterocycles. The Bertz CT molecular complexity index is 780. The third kappa shape index (κ3) is 2.24. The lowest BCUT2D eigenvalue weighted by Gasteiger charge is -2.37. The minimum absolute atomic E-state index is 0.0439. The fourth-order valence-corrected chi connectivity index (χ4v) is 4.76. The first kappa shape index (κ1) is 13.9. The van der Waals surface area contributed by atoms with E-state index in [0.29, 0.717) is 18.0 Å². The summed E-state index contributed by atoms with van der Waals surface area (Å²) in [5.41, 5.74) is 2.49. The number of sulfonamides is 1. The molecule has 1 aliphatic carbocycles. The van der Waals surface area contributed by atoms with Gasteiger partial charge in [-0.3, -0.25) is 0 Å². The number of rotatable bonds is 3. The lowest BCUT2D eigenvalue weighted by molar-refractivity contribution is 0.175. The van der Waals surface area contributed by atoms with E-state index >= 15 is 0 Å². The van der Waals surface area contributed by atoms with Gasteiger partial charge in [0.1, 0.15) is 0 Å². The smallest absolute Gasteiger partial charge is 0.207 e. The Kier molecular flexibility index (Phi) is 3.27. The molecule has 6 nitrogen and oxygen atoms in total. The van der Waals surface area contributed by atoms with Gasteiger partial charge >= 0.3 is 0 Å². The highest BCUT2D eigenvalue weighted by molar-refractivity contribution is 7.89. The summed E-state index contributed by atoms with van der Waals surface area (Å²) in [5.74, 6) is 0. The minimum Gasteiger partial charge on any atom is -0.207 e. The summed E-state index contributed by atoms with van der Waals surface area (Å²) in [5, 5.41) is 8.14. The van der Waals surface area contributed by atoms with Crippen LogP contribution in [0.15, 0.2) is 35.5 Å². The average Bonchev–Trinajstić information content (AvgIpc) is 2.99. The van der Waals surface area contributed by atoms with Crippen LogP contribution in [0.5, 0.6) is 0 Å². The summed E-state index contributed by atoms with van der Waals surface area (Å²) in [7, 11) is -3.40. The zero-order valence-electron chi connectivity index (χ0n) is 12.2.